The van der Waals surface area contributed by atoms with Gasteiger partial charge in [0.05, 0.1) is 25.2 Å². The highest BCUT2D eigenvalue weighted by Crippen LogP contribution is 2.28. The van der Waals surface area contributed by atoms with E-state index in [1.807, 2.05) is 32.0 Å². The van der Waals surface area contributed by atoms with Gasteiger partial charge in [-0.15, -0.1) is 0 Å². The smallest absolute Gasteiger partial charge is 0.190 e. The Labute approximate surface area is 170 Å². The van der Waals surface area contributed by atoms with Gasteiger partial charge >= 0.3 is 0 Å². The Bertz CT molecular complexity index is 895. The van der Waals surface area contributed by atoms with Gasteiger partial charge in [-0.3, -0.25) is 9.69 Å². The maximum absolute atomic E-state index is 12.1. The quantitative estimate of drug-likeness (QED) is 0.666. The van der Waals surface area contributed by atoms with Crippen molar-refractivity contribution in [1.29, 1.82) is 0 Å². The third-order valence-corrected chi connectivity index (χ3v) is 6.27. The van der Waals surface area contributed by atoms with E-state index in [-0.39, 0.29) is 5.78 Å². The van der Waals surface area contributed by atoms with Crippen LogP contribution in [-0.2, 0) is 11.3 Å². The van der Waals surface area contributed by atoms with Gasteiger partial charge in [-0.1, -0.05) is 17.4 Å². The maximum atomic E-state index is 12.1. The van der Waals surface area contributed by atoms with E-state index in [0.717, 1.165) is 78.2 Å². The van der Waals surface area contributed by atoms with E-state index in [1.54, 1.807) is 14.0 Å². The van der Waals surface area contributed by atoms with Crippen LogP contribution in [0.1, 0.15) is 34.3 Å². The summed E-state index contributed by atoms with van der Waals surface area (Å²) in [5.74, 6) is 0.822. The van der Waals surface area contributed by atoms with Crippen LogP contribution in [-0.4, -0.2) is 55.2 Å². The lowest BCUT2D eigenvalue weighted by Crippen LogP contribution is -2.37. The normalized spacial score (nSPS) is 15.8. The molecule has 7 heteroatoms. The molecule has 1 aliphatic heterocycles. The van der Waals surface area contributed by atoms with E-state index in [4.69, 9.17) is 14.5 Å². The van der Waals surface area contributed by atoms with Crippen LogP contribution >= 0.6 is 11.3 Å². The molecule has 6 nitrogen and oxygen atoms in total. The molecule has 0 bridgehead atoms. The average Bonchev–Trinajstić information content (AvgIpc) is 2.99. The third kappa shape index (κ3) is 4.90. The molecule has 0 atom stereocenters. The molecule has 1 aliphatic rings. The minimum atomic E-state index is 0.0853. The number of rotatable bonds is 7. The lowest BCUT2D eigenvalue weighted by atomic mass is 10.2. The van der Waals surface area contributed by atoms with Crippen molar-refractivity contribution >= 4 is 22.8 Å². The van der Waals surface area contributed by atoms with Crippen molar-refractivity contribution in [2.24, 2.45) is 4.99 Å². The van der Waals surface area contributed by atoms with Crippen LogP contribution in [0.3, 0.4) is 0 Å². The molecule has 28 heavy (non-hydrogen) atoms. The van der Waals surface area contributed by atoms with Crippen molar-refractivity contribution in [1.82, 2.24) is 9.47 Å². The number of carbonyl (C=O) groups excluding carboxylic acids is 1. The largest absolute Gasteiger partial charge is 0.494 e. The van der Waals surface area contributed by atoms with E-state index in [2.05, 4.69) is 9.47 Å². The van der Waals surface area contributed by atoms with Crippen molar-refractivity contribution in [3.8, 4) is 5.75 Å². The van der Waals surface area contributed by atoms with Crippen LogP contribution in [0, 0.1) is 13.8 Å². The first-order chi connectivity index (χ1) is 13.5. The number of benzene rings is 1. The zero-order valence-electron chi connectivity index (χ0n) is 17.2. The Morgan fingerprint density at radius 3 is 2.68 bits per heavy atom. The van der Waals surface area contributed by atoms with Gasteiger partial charge in [0.2, 0.25) is 0 Å². The van der Waals surface area contributed by atoms with Crippen LogP contribution in [0.4, 0.5) is 5.69 Å². The molecule has 0 aliphatic carbocycles. The Kier molecular flexibility index (Phi) is 7.04. The molecule has 0 saturated carbocycles. The fourth-order valence-corrected chi connectivity index (χ4v) is 4.49. The average molecular weight is 404 g/mol. The van der Waals surface area contributed by atoms with Gasteiger partial charge in [-0.2, -0.15) is 0 Å². The Morgan fingerprint density at radius 1 is 1.25 bits per heavy atom. The predicted octanol–water partition coefficient (Wildman–Crippen LogP) is 3.33. The number of morpholine rings is 1. The monoisotopic (exact) mass is 403 g/mol. The van der Waals surface area contributed by atoms with E-state index >= 15 is 0 Å². The first-order valence-electron chi connectivity index (χ1n) is 9.70. The van der Waals surface area contributed by atoms with E-state index < -0.39 is 0 Å². The zero-order chi connectivity index (χ0) is 20.1. The third-order valence-electron chi connectivity index (χ3n) is 4.99. The predicted molar refractivity (Wildman–Crippen MR) is 112 cm³/mol. The SMILES string of the molecule is COc1ccc(C)cc1N=c1sc(C(C)=O)c(C)n1CCCN1CCOCC1. The number of ether oxygens (including phenoxy) is 2. The molecular weight excluding hydrogens is 374 g/mol. The van der Waals surface area contributed by atoms with Crippen molar-refractivity contribution < 1.29 is 14.3 Å². The second kappa shape index (κ2) is 9.49. The van der Waals surface area contributed by atoms with Gasteiger partial charge in [-0.25, -0.2) is 4.99 Å². The summed E-state index contributed by atoms with van der Waals surface area (Å²) in [7, 11) is 1.65. The second-order valence-corrected chi connectivity index (χ2v) is 8.08. The van der Waals surface area contributed by atoms with Gasteiger partial charge in [0.25, 0.3) is 0 Å². The number of carbonyl (C=O) groups is 1. The summed E-state index contributed by atoms with van der Waals surface area (Å²) in [5, 5.41) is 0. The number of Topliss-reactive ketones (excluding diaryl/α,β-unsaturated/α-hetero) is 1. The van der Waals surface area contributed by atoms with Gasteiger partial charge in [-0.05, 0) is 38.0 Å². The summed E-state index contributed by atoms with van der Waals surface area (Å²) in [6.45, 7) is 11.1. The van der Waals surface area contributed by atoms with Crippen LogP contribution < -0.4 is 9.54 Å². The van der Waals surface area contributed by atoms with Crippen LogP contribution in [0.25, 0.3) is 0 Å². The number of hydrogen-bond acceptors (Lipinski definition) is 6. The minimum Gasteiger partial charge on any atom is -0.494 e. The van der Waals surface area contributed by atoms with Crippen LogP contribution in [0.2, 0.25) is 0 Å². The number of nitrogens with zero attached hydrogens (tertiary/aromatic N) is 3. The van der Waals surface area contributed by atoms with E-state index in [0.29, 0.717) is 0 Å². The van der Waals surface area contributed by atoms with E-state index in [1.165, 1.54) is 11.3 Å². The standard InChI is InChI=1S/C21H29N3O3S/c1-15-6-7-19(26-4)18(14-15)22-21-24(16(2)20(28-21)17(3)25)9-5-8-23-10-12-27-13-11-23/h6-7,14H,5,8-13H2,1-4H3. The number of ketones is 1. The molecule has 3 rings (SSSR count). The molecule has 2 heterocycles. The fourth-order valence-electron chi connectivity index (χ4n) is 3.43. The summed E-state index contributed by atoms with van der Waals surface area (Å²) < 4.78 is 13.1. The first-order valence-corrected chi connectivity index (χ1v) is 10.5. The molecule has 1 fully saturated rings. The second-order valence-electron chi connectivity index (χ2n) is 7.10. The van der Waals surface area contributed by atoms with Gasteiger partial charge in [0, 0.05) is 38.8 Å². The molecule has 0 unspecified atom stereocenters. The van der Waals surface area contributed by atoms with Crippen molar-refractivity contribution in [2.75, 3.05) is 40.0 Å². The molecule has 0 N–H and O–H groups in total. The molecule has 2 aromatic rings. The van der Waals surface area contributed by atoms with E-state index in [9.17, 15) is 4.79 Å². The number of methoxy groups -OCH3 is 1. The summed E-state index contributed by atoms with van der Waals surface area (Å²) in [5.41, 5.74) is 2.91. The summed E-state index contributed by atoms with van der Waals surface area (Å²) in [6, 6.07) is 5.96. The van der Waals surface area contributed by atoms with Crippen LogP contribution in [0.15, 0.2) is 23.2 Å². The topological polar surface area (TPSA) is 56.1 Å². The fraction of sp³-hybridized carbons (Fsp3) is 0.524. The molecule has 1 aromatic heterocycles. The lowest BCUT2D eigenvalue weighted by molar-refractivity contribution is 0.0369. The highest BCUT2D eigenvalue weighted by atomic mass is 32.1. The zero-order valence-corrected chi connectivity index (χ0v) is 18.0. The van der Waals surface area contributed by atoms with Crippen molar-refractivity contribution in [3.63, 3.8) is 0 Å². The molecular formula is C21H29N3O3S. The molecule has 0 amide bonds. The number of aryl methyl sites for hydroxylation is 1. The molecule has 1 saturated heterocycles. The lowest BCUT2D eigenvalue weighted by Gasteiger charge is -2.26. The molecule has 0 spiro atoms. The van der Waals surface area contributed by atoms with Gasteiger partial charge in [0.1, 0.15) is 11.4 Å². The maximum Gasteiger partial charge on any atom is 0.190 e. The van der Waals surface area contributed by atoms with Crippen molar-refractivity contribution in [3.05, 3.63) is 39.1 Å². The minimum absolute atomic E-state index is 0.0853. The molecule has 1 aromatic carbocycles. The first kappa shape index (κ1) is 20.8. The number of thiazole rings is 1. The highest BCUT2D eigenvalue weighted by Gasteiger charge is 2.15. The Hall–Kier alpha value is -1.96. The highest BCUT2D eigenvalue weighted by molar-refractivity contribution is 7.11. The van der Waals surface area contributed by atoms with Crippen molar-refractivity contribution in [2.45, 2.75) is 33.7 Å². The number of hydrogen-bond donors (Lipinski definition) is 0. The summed E-state index contributed by atoms with van der Waals surface area (Å²) >= 11 is 1.46. The Morgan fingerprint density at radius 2 is 2.00 bits per heavy atom. The van der Waals surface area contributed by atoms with Gasteiger partial charge in [0.15, 0.2) is 10.6 Å². The Balaban J connectivity index is 1.90. The van der Waals surface area contributed by atoms with Gasteiger partial charge < -0.3 is 14.0 Å². The number of aromatic nitrogens is 1. The van der Waals surface area contributed by atoms with Crippen LogP contribution in [0.5, 0.6) is 5.75 Å². The molecule has 0 radical (unpaired) electrons. The summed E-state index contributed by atoms with van der Waals surface area (Å²) in [6.07, 6.45) is 1.01. The summed E-state index contributed by atoms with van der Waals surface area (Å²) in [4.78, 5) is 21.0. The molecule has 152 valence electrons.